The summed E-state index contributed by atoms with van der Waals surface area (Å²) in [5, 5.41) is 9.41. The Morgan fingerprint density at radius 1 is 1.20 bits per heavy atom. The summed E-state index contributed by atoms with van der Waals surface area (Å²) in [6.07, 6.45) is 1.85. The minimum Gasteiger partial charge on any atom is -0.478 e. The van der Waals surface area contributed by atoms with E-state index in [2.05, 4.69) is 0 Å². The molecule has 0 radical (unpaired) electrons. The lowest BCUT2D eigenvalue weighted by molar-refractivity contribution is -0.140. The van der Waals surface area contributed by atoms with Crippen LogP contribution in [0.4, 0.5) is 13.2 Å². The molecule has 8 heteroatoms. The lowest BCUT2D eigenvalue weighted by atomic mass is 9.86. The number of alkyl halides is 3. The summed E-state index contributed by atoms with van der Waals surface area (Å²) in [4.78, 5) is 10.7. The van der Waals surface area contributed by atoms with E-state index in [0.29, 0.717) is 12.3 Å². The van der Waals surface area contributed by atoms with Crippen LogP contribution in [0.1, 0.15) is 43.2 Å². The van der Waals surface area contributed by atoms with E-state index in [-0.39, 0.29) is 17.1 Å². The molecule has 138 valence electrons. The van der Waals surface area contributed by atoms with Gasteiger partial charge in [0.15, 0.2) is 9.84 Å². The van der Waals surface area contributed by atoms with Crippen molar-refractivity contribution in [1.29, 1.82) is 0 Å². The standard InChI is InChI=1S/C17H19F3O4S/c1-25(23,24)15-8-7-12(10-14(15)17(18,19)20)13(16(21)22)9-11-5-3-2-4-6-11/h7-11H,2-6H2,1H3,(H,21,22). The third-order valence-corrected chi connectivity index (χ3v) is 5.43. The van der Waals surface area contributed by atoms with E-state index in [1.165, 1.54) is 6.08 Å². The molecule has 4 nitrogen and oxygen atoms in total. The van der Waals surface area contributed by atoms with Crippen molar-refractivity contribution in [2.45, 2.75) is 43.2 Å². The Hall–Kier alpha value is -1.83. The van der Waals surface area contributed by atoms with Crippen LogP contribution in [0.2, 0.25) is 0 Å². The highest BCUT2D eigenvalue weighted by atomic mass is 32.2. The second-order valence-corrected chi connectivity index (χ2v) is 8.25. The van der Waals surface area contributed by atoms with Gasteiger partial charge in [0.2, 0.25) is 0 Å². The van der Waals surface area contributed by atoms with Crippen molar-refractivity contribution in [3.05, 3.63) is 35.4 Å². The maximum atomic E-state index is 13.3. The molecule has 0 aromatic heterocycles. The van der Waals surface area contributed by atoms with Gasteiger partial charge in [0, 0.05) is 6.26 Å². The van der Waals surface area contributed by atoms with Gasteiger partial charge in [-0.05, 0) is 36.5 Å². The molecule has 1 aliphatic rings. The fraction of sp³-hybridized carbons (Fsp3) is 0.471. The second kappa shape index (κ2) is 7.19. The smallest absolute Gasteiger partial charge is 0.417 e. The fourth-order valence-electron chi connectivity index (χ4n) is 3.07. The minimum absolute atomic E-state index is 0.00349. The van der Waals surface area contributed by atoms with E-state index in [1.54, 1.807) is 0 Å². The number of carboxylic acids is 1. The van der Waals surface area contributed by atoms with Gasteiger partial charge in [-0.2, -0.15) is 13.2 Å². The van der Waals surface area contributed by atoms with E-state index in [9.17, 15) is 31.5 Å². The van der Waals surface area contributed by atoms with Crippen molar-refractivity contribution in [2.24, 2.45) is 5.92 Å². The first-order valence-corrected chi connectivity index (χ1v) is 9.76. The summed E-state index contributed by atoms with van der Waals surface area (Å²) in [7, 11) is -4.09. The second-order valence-electron chi connectivity index (χ2n) is 6.26. The molecule has 0 heterocycles. The molecule has 25 heavy (non-hydrogen) atoms. The lowest BCUT2D eigenvalue weighted by Crippen LogP contribution is -2.14. The summed E-state index contributed by atoms with van der Waals surface area (Å²) < 4.78 is 63.0. The quantitative estimate of drug-likeness (QED) is 0.801. The molecule has 1 aliphatic carbocycles. The molecule has 0 unspecified atom stereocenters. The normalized spacial score (nSPS) is 17.5. The van der Waals surface area contributed by atoms with Crippen LogP contribution in [0.15, 0.2) is 29.2 Å². The Morgan fingerprint density at radius 3 is 2.28 bits per heavy atom. The number of hydrogen-bond acceptors (Lipinski definition) is 3. The number of benzene rings is 1. The molecule has 0 spiro atoms. The van der Waals surface area contributed by atoms with Crippen LogP contribution in [-0.4, -0.2) is 25.7 Å². The zero-order valence-electron chi connectivity index (χ0n) is 13.6. The average molecular weight is 376 g/mol. The Balaban J connectivity index is 2.56. The van der Waals surface area contributed by atoms with Crippen molar-refractivity contribution < 1.29 is 31.5 Å². The first kappa shape index (κ1) is 19.5. The number of hydrogen-bond donors (Lipinski definition) is 1. The van der Waals surface area contributed by atoms with Gasteiger partial charge >= 0.3 is 12.1 Å². The number of rotatable bonds is 4. The summed E-state index contributed by atoms with van der Waals surface area (Å²) in [6.45, 7) is 0. The molecule has 1 N–H and O–H groups in total. The monoisotopic (exact) mass is 376 g/mol. The Morgan fingerprint density at radius 2 is 1.80 bits per heavy atom. The first-order valence-electron chi connectivity index (χ1n) is 7.87. The van der Waals surface area contributed by atoms with Gasteiger partial charge in [-0.25, -0.2) is 13.2 Å². The van der Waals surface area contributed by atoms with Crippen molar-refractivity contribution in [1.82, 2.24) is 0 Å². The predicted molar refractivity (Wildman–Crippen MR) is 86.7 cm³/mol. The highest BCUT2D eigenvalue weighted by Gasteiger charge is 2.36. The number of carboxylic acid groups (broad SMARTS) is 1. The van der Waals surface area contributed by atoms with Gasteiger partial charge in [-0.1, -0.05) is 31.4 Å². The molecule has 2 rings (SSSR count). The van der Waals surface area contributed by atoms with E-state index >= 15 is 0 Å². The minimum atomic E-state index is -4.90. The molecule has 0 aliphatic heterocycles. The van der Waals surface area contributed by atoms with Crippen molar-refractivity contribution in [2.75, 3.05) is 6.26 Å². The average Bonchev–Trinajstić information content (AvgIpc) is 2.51. The topological polar surface area (TPSA) is 71.4 Å². The van der Waals surface area contributed by atoms with Gasteiger partial charge in [0.05, 0.1) is 16.0 Å². The van der Waals surface area contributed by atoms with Crippen LogP contribution in [0, 0.1) is 5.92 Å². The van der Waals surface area contributed by atoms with Crippen LogP contribution < -0.4 is 0 Å². The molecule has 1 fully saturated rings. The molecule has 1 aromatic carbocycles. The van der Waals surface area contributed by atoms with E-state index < -0.39 is 32.4 Å². The predicted octanol–water partition coefficient (Wildman–Crippen LogP) is 4.16. The summed E-state index contributed by atoms with van der Waals surface area (Å²) >= 11 is 0. The van der Waals surface area contributed by atoms with E-state index in [0.717, 1.165) is 44.2 Å². The zero-order valence-corrected chi connectivity index (χ0v) is 14.5. The van der Waals surface area contributed by atoms with Gasteiger partial charge in [0.25, 0.3) is 0 Å². The molecular weight excluding hydrogens is 357 g/mol. The summed E-state index contributed by atoms with van der Waals surface area (Å²) in [5.74, 6) is -1.32. The lowest BCUT2D eigenvalue weighted by Gasteiger charge is -2.19. The van der Waals surface area contributed by atoms with Crippen LogP contribution in [0.25, 0.3) is 5.57 Å². The van der Waals surface area contributed by atoms with Crippen LogP contribution >= 0.6 is 0 Å². The Kier molecular flexibility index (Phi) is 5.61. The Bertz CT molecular complexity index is 789. The van der Waals surface area contributed by atoms with E-state index in [4.69, 9.17) is 0 Å². The largest absolute Gasteiger partial charge is 0.478 e. The SMILES string of the molecule is CS(=O)(=O)c1ccc(C(=CC2CCCCC2)C(=O)O)cc1C(F)(F)F. The first-order chi connectivity index (χ1) is 11.5. The molecule has 0 saturated heterocycles. The van der Waals surface area contributed by atoms with Gasteiger partial charge in [0.1, 0.15) is 0 Å². The zero-order chi connectivity index (χ0) is 18.8. The van der Waals surface area contributed by atoms with Crippen molar-refractivity contribution >= 4 is 21.4 Å². The number of allylic oxidation sites excluding steroid dienone is 1. The molecule has 1 aromatic rings. The molecular formula is C17H19F3O4S. The maximum Gasteiger partial charge on any atom is 0.417 e. The van der Waals surface area contributed by atoms with Crippen LogP contribution in [0.5, 0.6) is 0 Å². The molecule has 0 atom stereocenters. The van der Waals surface area contributed by atoms with Gasteiger partial charge < -0.3 is 5.11 Å². The fourth-order valence-corrected chi connectivity index (χ4v) is 3.96. The van der Waals surface area contributed by atoms with Gasteiger partial charge in [-0.3, -0.25) is 0 Å². The third-order valence-electron chi connectivity index (χ3n) is 4.28. The number of halogens is 3. The summed E-state index contributed by atoms with van der Waals surface area (Å²) in [6, 6.07) is 2.55. The number of aliphatic carboxylic acids is 1. The summed E-state index contributed by atoms with van der Waals surface area (Å²) in [5.41, 5.74) is -1.71. The van der Waals surface area contributed by atoms with Gasteiger partial charge in [-0.15, -0.1) is 0 Å². The molecule has 0 bridgehead atoms. The van der Waals surface area contributed by atoms with Crippen LogP contribution in [-0.2, 0) is 20.8 Å². The van der Waals surface area contributed by atoms with Crippen molar-refractivity contribution in [3.63, 3.8) is 0 Å². The Labute approximate surface area is 144 Å². The maximum absolute atomic E-state index is 13.3. The molecule has 1 saturated carbocycles. The van der Waals surface area contributed by atoms with Crippen LogP contribution in [0.3, 0.4) is 0 Å². The van der Waals surface area contributed by atoms with E-state index in [1.807, 2.05) is 0 Å². The molecule has 0 amide bonds. The number of carbonyl (C=O) groups is 1. The number of sulfone groups is 1. The highest BCUT2D eigenvalue weighted by molar-refractivity contribution is 7.90. The third kappa shape index (κ3) is 4.84. The highest BCUT2D eigenvalue weighted by Crippen LogP contribution is 2.37. The van der Waals surface area contributed by atoms with Crippen molar-refractivity contribution in [3.8, 4) is 0 Å².